The lowest BCUT2D eigenvalue weighted by Crippen LogP contribution is -2.64. The number of carbonyl (C=O) groups is 2. The van der Waals surface area contributed by atoms with Crippen LogP contribution in [0, 0.1) is 0 Å². The number of amides is 1. The van der Waals surface area contributed by atoms with E-state index in [-0.39, 0.29) is 24.1 Å². The van der Waals surface area contributed by atoms with Crippen molar-refractivity contribution in [1.82, 2.24) is 19.6 Å². The van der Waals surface area contributed by atoms with E-state index in [0.717, 1.165) is 89.0 Å². The summed E-state index contributed by atoms with van der Waals surface area (Å²) in [5.41, 5.74) is 8.59. The van der Waals surface area contributed by atoms with Gasteiger partial charge in [0.1, 0.15) is 11.4 Å². The van der Waals surface area contributed by atoms with Gasteiger partial charge in [0, 0.05) is 63.8 Å². The lowest BCUT2D eigenvalue weighted by atomic mass is 9.87. The number of rotatable bonds is 13. The Morgan fingerprint density at radius 2 is 1.67 bits per heavy atom. The molecule has 43 heavy (non-hydrogen) atoms. The van der Waals surface area contributed by atoms with Gasteiger partial charge in [0.25, 0.3) is 5.91 Å². The van der Waals surface area contributed by atoms with Crippen molar-refractivity contribution in [1.29, 1.82) is 0 Å². The molecule has 234 valence electrons. The molecule has 2 aliphatic heterocycles. The predicted molar refractivity (Wildman–Crippen MR) is 170 cm³/mol. The number of hydrogen-bond acceptors (Lipinski definition) is 7. The van der Waals surface area contributed by atoms with Gasteiger partial charge in [0.15, 0.2) is 0 Å². The summed E-state index contributed by atoms with van der Waals surface area (Å²) in [7, 11) is 0. The van der Waals surface area contributed by atoms with Gasteiger partial charge in [-0.05, 0) is 74.7 Å². The number of phenols is 1. The van der Waals surface area contributed by atoms with Crippen molar-refractivity contribution in [3.63, 3.8) is 0 Å². The number of piperazine rings is 1. The second-order valence-electron chi connectivity index (χ2n) is 12.0. The van der Waals surface area contributed by atoms with E-state index in [9.17, 15) is 14.7 Å². The zero-order chi connectivity index (χ0) is 30.8. The van der Waals surface area contributed by atoms with Crippen molar-refractivity contribution in [2.24, 2.45) is 5.73 Å². The Kier molecular flexibility index (Phi) is 11.8. The van der Waals surface area contributed by atoms with Crippen LogP contribution in [0.25, 0.3) is 0 Å². The van der Waals surface area contributed by atoms with E-state index < -0.39 is 11.6 Å². The van der Waals surface area contributed by atoms with Gasteiger partial charge in [0.2, 0.25) is 0 Å². The van der Waals surface area contributed by atoms with Gasteiger partial charge in [-0.15, -0.1) is 6.58 Å². The van der Waals surface area contributed by atoms with Crippen LogP contribution in [-0.2, 0) is 10.5 Å². The monoisotopic (exact) mass is 591 g/mol. The Labute approximate surface area is 256 Å². The molecule has 2 atom stereocenters. The minimum absolute atomic E-state index is 0.0134. The van der Waals surface area contributed by atoms with Crippen LogP contribution in [0.1, 0.15) is 66.9 Å². The fourth-order valence-corrected chi connectivity index (χ4v) is 6.58. The minimum atomic E-state index is -1.03. The molecule has 0 aromatic heterocycles. The molecule has 4 rings (SSSR count). The second kappa shape index (κ2) is 15.5. The maximum Gasteiger partial charge on any atom is 0.303 e. The Morgan fingerprint density at radius 3 is 2.40 bits per heavy atom. The number of benzene rings is 2. The Morgan fingerprint density at radius 1 is 0.953 bits per heavy atom. The summed E-state index contributed by atoms with van der Waals surface area (Å²) < 4.78 is 0. The van der Waals surface area contributed by atoms with Gasteiger partial charge in [-0.25, -0.2) is 0 Å². The van der Waals surface area contributed by atoms with E-state index in [2.05, 4.69) is 28.2 Å². The molecule has 2 fully saturated rings. The third-order valence-corrected chi connectivity index (χ3v) is 8.88. The molecule has 9 heteroatoms. The molecule has 2 aromatic carbocycles. The highest BCUT2D eigenvalue weighted by Gasteiger charge is 2.42. The van der Waals surface area contributed by atoms with Crippen molar-refractivity contribution in [3.05, 3.63) is 77.9 Å². The molecule has 1 amide bonds. The average molecular weight is 592 g/mol. The molecule has 9 nitrogen and oxygen atoms in total. The molecule has 0 bridgehead atoms. The van der Waals surface area contributed by atoms with Crippen molar-refractivity contribution in [2.75, 3.05) is 58.9 Å². The Balaban J connectivity index is 1.47. The van der Waals surface area contributed by atoms with Crippen LogP contribution in [0.5, 0.6) is 5.75 Å². The van der Waals surface area contributed by atoms with Crippen molar-refractivity contribution < 1.29 is 19.8 Å². The van der Waals surface area contributed by atoms with E-state index in [0.29, 0.717) is 18.7 Å². The van der Waals surface area contributed by atoms with Crippen molar-refractivity contribution >= 4 is 11.9 Å². The van der Waals surface area contributed by atoms with Crippen molar-refractivity contribution in [2.45, 2.75) is 57.2 Å². The summed E-state index contributed by atoms with van der Waals surface area (Å²) in [6.07, 6.45) is 6.83. The van der Waals surface area contributed by atoms with Gasteiger partial charge < -0.3 is 25.7 Å². The van der Waals surface area contributed by atoms with E-state index in [1.165, 1.54) is 0 Å². The van der Waals surface area contributed by atoms with E-state index >= 15 is 0 Å². The number of aliphatic carboxylic acids is 1. The number of unbranched alkanes of at least 4 members (excludes halogenated alkanes) is 3. The number of nitrogens with zero attached hydrogens (tertiary/aromatic N) is 4. The van der Waals surface area contributed by atoms with Crippen molar-refractivity contribution in [3.8, 4) is 5.75 Å². The highest BCUT2D eigenvalue weighted by Crippen LogP contribution is 2.36. The summed E-state index contributed by atoms with van der Waals surface area (Å²) in [6.45, 7) is 13.5. The van der Waals surface area contributed by atoms with E-state index in [1.54, 1.807) is 12.1 Å². The summed E-state index contributed by atoms with van der Waals surface area (Å²) >= 11 is 0. The maximum absolute atomic E-state index is 13.8. The van der Waals surface area contributed by atoms with Gasteiger partial charge in [-0.2, -0.15) is 0 Å². The molecular formula is C34H49N5O4. The number of phenolic OH excluding ortho intramolecular Hbond substituents is 1. The standard InChI is InChI=1S/C34H49N5O4/c1-3-16-37-21-23-39(27(2)26-37)34(35,30-13-9-14-31(40)25-30)29-12-8-11-28(24-29)33(43)38-19-10-18-36(20-22-38)17-7-5-4-6-15-32(41)42/h3,8-9,11-14,24-25,27,40H,1,4-7,10,15-23,26,35H2,2H3,(H,41,42). The van der Waals surface area contributed by atoms with Crippen LogP contribution >= 0.6 is 0 Å². The summed E-state index contributed by atoms with van der Waals surface area (Å²) in [6, 6.07) is 15.0. The number of aromatic hydroxyl groups is 1. The fraction of sp³-hybridized carbons (Fsp3) is 0.529. The third kappa shape index (κ3) is 8.44. The van der Waals surface area contributed by atoms with E-state index in [4.69, 9.17) is 10.8 Å². The molecule has 2 aromatic rings. The van der Waals surface area contributed by atoms with Crippen LogP contribution in [-0.4, -0.2) is 107 Å². The third-order valence-electron chi connectivity index (χ3n) is 8.88. The van der Waals surface area contributed by atoms with Gasteiger partial charge in [-0.3, -0.25) is 19.4 Å². The van der Waals surface area contributed by atoms with Crippen LogP contribution in [0.3, 0.4) is 0 Å². The van der Waals surface area contributed by atoms with Gasteiger partial charge in [0.05, 0.1) is 0 Å². The fourth-order valence-electron chi connectivity index (χ4n) is 6.58. The first-order chi connectivity index (χ1) is 20.7. The molecule has 2 heterocycles. The maximum atomic E-state index is 13.8. The first-order valence-electron chi connectivity index (χ1n) is 15.7. The van der Waals surface area contributed by atoms with Crippen LogP contribution in [0.4, 0.5) is 0 Å². The lowest BCUT2D eigenvalue weighted by molar-refractivity contribution is -0.137. The topological polar surface area (TPSA) is 114 Å². The molecular weight excluding hydrogens is 542 g/mol. The SMILES string of the molecule is C=CCN1CCN(C(N)(c2cccc(O)c2)c2cccc(C(=O)N3CCCN(CCCCCCC(=O)O)CC3)c2)C(C)C1. The minimum Gasteiger partial charge on any atom is -0.508 e. The largest absolute Gasteiger partial charge is 0.508 e. The number of carboxylic acids is 1. The summed E-state index contributed by atoms with van der Waals surface area (Å²) in [5, 5.41) is 19.2. The molecule has 0 radical (unpaired) electrons. The van der Waals surface area contributed by atoms with Gasteiger partial charge in [-0.1, -0.05) is 43.2 Å². The molecule has 2 aliphatic rings. The van der Waals surface area contributed by atoms with Crippen LogP contribution in [0.15, 0.2) is 61.2 Å². The summed E-state index contributed by atoms with van der Waals surface area (Å²) in [4.78, 5) is 33.5. The average Bonchev–Trinajstić information content (AvgIpc) is 3.24. The lowest BCUT2D eigenvalue weighted by Gasteiger charge is -2.50. The molecule has 2 saturated heterocycles. The molecule has 0 aliphatic carbocycles. The first-order valence-corrected chi connectivity index (χ1v) is 15.7. The molecule has 0 spiro atoms. The normalized spacial score (nSPS) is 20.3. The predicted octanol–water partition coefficient (Wildman–Crippen LogP) is 3.93. The highest BCUT2D eigenvalue weighted by atomic mass is 16.4. The van der Waals surface area contributed by atoms with E-state index in [1.807, 2.05) is 47.4 Å². The number of hydrogen-bond donors (Lipinski definition) is 3. The molecule has 2 unspecified atom stereocenters. The zero-order valence-corrected chi connectivity index (χ0v) is 25.7. The Hall–Kier alpha value is -3.24. The number of carboxylic acid groups (broad SMARTS) is 1. The smallest absolute Gasteiger partial charge is 0.303 e. The van der Waals surface area contributed by atoms with Crippen LogP contribution in [0.2, 0.25) is 0 Å². The zero-order valence-electron chi connectivity index (χ0n) is 25.7. The quantitative estimate of drug-likeness (QED) is 0.237. The van der Waals surface area contributed by atoms with Gasteiger partial charge >= 0.3 is 5.97 Å². The van der Waals surface area contributed by atoms with Crippen LogP contribution < -0.4 is 5.73 Å². The molecule has 0 saturated carbocycles. The first kappa shape index (κ1) is 32.7. The summed E-state index contributed by atoms with van der Waals surface area (Å²) in [5.74, 6) is -0.553. The highest BCUT2D eigenvalue weighted by molar-refractivity contribution is 5.94. The molecule has 4 N–H and O–H groups in total. The Bertz CT molecular complexity index is 1240. The number of nitrogens with two attached hydrogens (primary N) is 1. The number of carbonyl (C=O) groups excluding carboxylic acids is 1. The second-order valence-corrected chi connectivity index (χ2v) is 12.0.